The minimum Gasteiger partial charge on any atom is -0.494 e. The van der Waals surface area contributed by atoms with E-state index in [1.807, 2.05) is 45.0 Å². The summed E-state index contributed by atoms with van der Waals surface area (Å²) in [6.07, 6.45) is 3.43. The summed E-state index contributed by atoms with van der Waals surface area (Å²) in [4.78, 5) is 33.1. The van der Waals surface area contributed by atoms with E-state index in [-0.39, 0.29) is 42.2 Å². The maximum absolute atomic E-state index is 13.9. The van der Waals surface area contributed by atoms with Gasteiger partial charge in [-0.1, -0.05) is 31.5 Å². The number of carbonyl (C=O) groups is 1. The van der Waals surface area contributed by atoms with Crippen molar-refractivity contribution in [3.63, 3.8) is 0 Å². The van der Waals surface area contributed by atoms with Gasteiger partial charge in [0, 0.05) is 42.6 Å². The van der Waals surface area contributed by atoms with Crippen LogP contribution in [0.4, 0.5) is 0 Å². The SMILES string of the molecule is CCCc1n[nH]c2c(=O)[nH]c(Cc3cc(S(=O)(=O)N4CCC(=O)/C(=C/c5ccccc5OCC)C4)ccc3OCC)nc12. The number of Topliss-reactive ketones (excluding diaryl/α,β-unsaturated/α-hetero) is 1. The molecule has 1 fully saturated rings. The molecule has 43 heavy (non-hydrogen) atoms. The zero-order valence-corrected chi connectivity index (χ0v) is 25.3. The van der Waals surface area contributed by atoms with Crippen LogP contribution in [0.5, 0.6) is 11.5 Å². The molecule has 12 heteroatoms. The number of piperidine rings is 1. The maximum atomic E-state index is 13.9. The van der Waals surface area contributed by atoms with E-state index in [0.717, 1.165) is 6.42 Å². The molecule has 226 valence electrons. The number of para-hydroxylation sites is 1. The topological polar surface area (TPSA) is 147 Å². The zero-order chi connectivity index (χ0) is 30.6. The van der Waals surface area contributed by atoms with Crippen molar-refractivity contribution >= 4 is 32.9 Å². The number of aromatic amines is 2. The molecule has 3 heterocycles. The Bertz CT molecular complexity index is 1840. The first-order chi connectivity index (χ1) is 20.7. The molecule has 11 nitrogen and oxygen atoms in total. The molecule has 0 spiro atoms. The Morgan fingerprint density at radius 1 is 1.02 bits per heavy atom. The van der Waals surface area contributed by atoms with Gasteiger partial charge in [0.1, 0.15) is 28.4 Å². The first-order valence-electron chi connectivity index (χ1n) is 14.4. The fourth-order valence-corrected chi connectivity index (χ4v) is 6.60. The van der Waals surface area contributed by atoms with E-state index >= 15 is 0 Å². The van der Waals surface area contributed by atoms with Crippen LogP contribution in [0.2, 0.25) is 0 Å². The maximum Gasteiger partial charge on any atom is 0.276 e. The Labute approximate surface area is 250 Å². The Balaban J connectivity index is 1.47. The average molecular weight is 606 g/mol. The monoisotopic (exact) mass is 605 g/mol. The highest BCUT2D eigenvalue weighted by Gasteiger charge is 2.32. The highest BCUT2D eigenvalue weighted by atomic mass is 32.2. The molecule has 1 aliphatic heterocycles. The Morgan fingerprint density at radius 3 is 2.56 bits per heavy atom. The lowest BCUT2D eigenvalue weighted by Gasteiger charge is -2.27. The molecule has 0 saturated carbocycles. The smallest absolute Gasteiger partial charge is 0.276 e. The van der Waals surface area contributed by atoms with Crippen LogP contribution in [0, 0.1) is 0 Å². The molecule has 0 radical (unpaired) electrons. The van der Waals surface area contributed by atoms with E-state index in [2.05, 4.69) is 20.2 Å². The lowest BCUT2D eigenvalue weighted by atomic mass is 10.0. The summed E-state index contributed by atoms with van der Waals surface area (Å²) in [5.41, 5.74) is 2.84. The number of hydrogen-bond acceptors (Lipinski definition) is 8. The van der Waals surface area contributed by atoms with Crippen LogP contribution in [0.15, 0.2) is 57.7 Å². The van der Waals surface area contributed by atoms with E-state index < -0.39 is 10.0 Å². The number of fused-ring (bicyclic) bond motifs is 1. The third-order valence-corrected chi connectivity index (χ3v) is 9.04. The van der Waals surface area contributed by atoms with Gasteiger partial charge in [-0.2, -0.15) is 9.40 Å². The number of carbonyl (C=O) groups excluding carboxylic acids is 1. The van der Waals surface area contributed by atoms with Gasteiger partial charge in [-0.15, -0.1) is 0 Å². The number of ether oxygens (including phenoxy) is 2. The normalized spacial score (nSPS) is 15.3. The predicted octanol–water partition coefficient (Wildman–Crippen LogP) is 4.03. The third kappa shape index (κ3) is 6.40. The number of aromatic nitrogens is 4. The molecule has 5 rings (SSSR count). The van der Waals surface area contributed by atoms with Crippen LogP contribution in [-0.4, -0.2) is 65.0 Å². The van der Waals surface area contributed by atoms with Gasteiger partial charge in [-0.05, 0) is 50.6 Å². The van der Waals surface area contributed by atoms with Crippen molar-refractivity contribution in [2.45, 2.75) is 51.3 Å². The highest BCUT2D eigenvalue weighted by molar-refractivity contribution is 7.89. The van der Waals surface area contributed by atoms with E-state index in [1.54, 1.807) is 18.2 Å². The van der Waals surface area contributed by atoms with Crippen molar-refractivity contribution in [2.75, 3.05) is 26.3 Å². The fourth-order valence-electron chi connectivity index (χ4n) is 5.13. The lowest BCUT2D eigenvalue weighted by molar-refractivity contribution is -0.116. The molecule has 2 aromatic carbocycles. The van der Waals surface area contributed by atoms with E-state index in [4.69, 9.17) is 9.47 Å². The van der Waals surface area contributed by atoms with Crippen molar-refractivity contribution < 1.29 is 22.7 Å². The molecule has 4 aromatic rings. The predicted molar refractivity (Wildman–Crippen MR) is 163 cm³/mol. The van der Waals surface area contributed by atoms with E-state index in [0.29, 0.717) is 70.4 Å². The van der Waals surface area contributed by atoms with Gasteiger partial charge in [-0.25, -0.2) is 13.4 Å². The summed E-state index contributed by atoms with van der Waals surface area (Å²) in [6.45, 7) is 6.58. The van der Waals surface area contributed by atoms with Crippen LogP contribution in [0.25, 0.3) is 17.1 Å². The van der Waals surface area contributed by atoms with Gasteiger partial charge in [0.15, 0.2) is 5.78 Å². The number of benzene rings is 2. The Kier molecular flexibility index (Phi) is 9.07. The van der Waals surface area contributed by atoms with Gasteiger partial charge >= 0.3 is 0 Å². The van der Waals surface area contributed by atoms with Gasteiger partial charge < -0.3 is 14.5 Å². The van der Waals surface area contributed by atoms with Gasteiger partial charge in [-0.3, -0.25) is 14.7 Å². The van der Waals surface area contributed by atoms with Crippen molar-refractivity contribution in [2.24, 2.45) is 0 Å². The second-order valence-corrected chi connectivity index (χ2v) is 12.1. The van der Waals surface area contributed by atoms with Crippen molar-refractivity contribution in [3.05, 3.63) is 81.0 Å². The number of sulfonamides is 1. The molecule has 1 saturated heterocycles. The number of aryl methyl sites for hydroxylation is 1. The summed E-state index contributed by atoms with van der Waals surface area (Å²) in [5, 5.41) is 7.00. The molecule has 0 bridgehead atoms. The van der Waals surface area contributed by atoms with E-state index in [1.165, 1.54) is 10.4 Å². The molecule has 1 aliphatic rings. The second kappa shape index (κ2) is 12.9. The fraction of sp³-hybridized carbons (Fsp3) is 0.355. The molecule has 0 amide bonds. The number of H-pyrrole nitrogens is 2. The average Bonchev–Trinajstić information content (AvgIpc) is 3.39. The van der Waals surface area contributed by atoms with Crippen LogP contribution in [0.1, 0.15) is 56.3 Å². The number of rotatable bonds is 11. The summed E-state index contributed by atoms with van der Waals surface area (Å²) >= 11 is 0. The number of nitrogens with zero attached hydrogens (tertiary/aromatic N) is 3. The van der Waals surface area contributed by atoms with Crippen LogP contribution < -0.4 is 15.0 Å². The van der Waals surface area contributed by atoms with Gasteiger partial charge in [0.25, 0.3) is 5.56 Å². The Morgan fingerprint density at radius 2 is 1.79 bits per heavy atom. The molecule has 0 unspecified atom stereocenters. The van der Waals surface area contributed by atoms with Crippen LogP contribution in [-0.2, 0) is 27.7 Å². The van der Waals surface area contributed by atoms with Crippen LogP contribution >= 0.6 is 0 Å². The lowest BCUT2D eigenvalue weighted by Crippen LogP contribution is -2.40. The highest BCUT2D eigenvalue weighted by Crippen LogP contribution is 2.30. The molecule has 2 aromatic heterocycles. The molecule has 0 atom stereocenters. The number of nitrogens with one attached hydrogen (secondary N) is 2. The minimum absolute atomic E-state index is 0.0591. The van der Waals surface area contributed by atoms with Crippen molar-refractivity contribution in [1.29, 1.82) is 0 Å². The summed E-state index contributed by atoms with van der Waals surface area (Å²) in [6, 6.07) is 12.0. The Hall–Kier alpha value is -4.29. The number of hydrogen-bond donors (Lipinski definition) is 2. The zero-order valence-electron chi connectivity index (χ0n) is 24.5. The first-order valence-corrected chi connectivity index (χ1v) is 15.9. The molecule has 0 aliphatic carbocycles. The standard InChI is InChI=1S/C31H35N5O6S/c1-4-9-24-29-30(35-34-24)31(38)33-28(32-29)18-21-17-23(12-13-27(21)42-6-3)43(39,40)36-15-14-25(37)22(19-36)16-20-10-7-8-11-26(20)41-5-2/h7-8,10-13,16-17H,4-6,9,14-15,18-19H2,1-3H3,(H,34,35)(H,32,33,38)/b22-16+. The minimum atomic E-state index is -3.98. The first kappa shape index (κ1) is 30.2. The second-order valence-electron chi connectivity index (χ2n) is 10.2. The number of ketones is 1. The van der Waals surface area contributed by atoms with Crippen molar-refractivity contribution in [1.82, 2.24) is 24.5 Å². The summed E-state index contributed by atoms with van der Waals surface area (Å²) < 4.78 is 40.6. The van der Waals surface area contributed by atoms with Gasteiger partial charge in [0.2, 0.25) is 10.0 Å². The summed E-state index contributed by atoms with van der Waals surface area (Å²) in [7, 11) is -3.98. The van der Waals surface area contributed by atoms with Gasteiger partial charge in [0.05, 0.1) is 23.8 Å². The molecular formula is C31H35N5O6S. The van der Waals surface area contributed by atoms with Crippen LogP contribution in [0.3, 0.4) is 0 Å². The van der Waals surface area contributed by atoms with E-state index in [9.17, 15) is 18.0 Å². The third-order valence-electron chi connectivity index (χ3n) is 7.20. The molecular weight excluding hydrogens is 570 g/mol. The quantitative estimate of drug-likeness (QED) is 0.244. The van der Waals surface area contributed by atoms with Crippen molar-refractivity contribution in [3.8, 4) is 11.5 Å². The molecule has 2 N–H and O–H groups in total. The summed E-state index contributed by atoms with van der Waals surface area (Å²) in [5.74, 6) is 1.39. The largest absolute Gasteiger partial charge is 0.494 e.